The van der Waals surface area contributed by atoms with Gasteiger partial charge in [0.25, 0.3) is 0 Å². The topological polar surface area (TPSA) is 20.2 Å². The number of hydrogen-bond acceptors (Lipinski definition) is 1. The smallest absolute Gasteiger partial charge is 0.0639 e. The predicted octanol–water partition coefficient (Wildman–Crippen LogP) is 4.87. The molecule has 1 heteroatoms. The molecule has 1 aliphatic rings. The van der Waals surface area contributed by atoms with E-state index in [1.807, 2.05) is 6.92 Å². The van der Waals surface area contributed by atoms with Crippen molar-refractivity contribution in [2.45, 2.75) is 65.7 Å². The lowest BCUT2D eigenvalue weighted by Gasteiger charge is -2.44. The summed E-state index contributed by atoms with van der Waals surface area (Å²) < 4.78 is 0. The van der Waals surface area contributed by atoms with Gasteiger partial charge in [0, 0.05) is 0 Å². The van der Waals surface area contributed by atoms with Crippen molar-refractivity contribution < 1.29 is 5.11 Å². The van der Waals surface area contributed by atoms with Gasteiger partial charge in [-0.2, -0.15) is 0 Å². The van der Waals surface area contributed by atoms with Crippen LogP contribution in [0.4, 0.5) is 0 Å². The number of rotatable bonds is 6. The van der Waals surface area contributed by atoms with Crippen LogP contribution in [0.2, 0.25) is 0 Å². The number of aliphatic hydroxyl groups excluding tert-OH is 1. The molecule has 0 aromatic heterocycles. The first-order chi connectivity index (χ1) is 8.54. The number of aliphatic hydroxyl groups is 1. The Labute approximate surface area is 113 Å². The van der Waals surface area contributed by atoms with Crippen molar-refractivity contribution in [3.05, 3.63) is 23.8 Å². The largest absolute Gasteiger partial charge is 0.392 e. The van der Waals surface area contributed by atoms with Gasteiger partial charge >= 0.3 is 0 Å². The summed E-state index contributed by atoms with van der Waals surface area (Å²) in [6.45, 7) is 11.2. The third-order valence-corrected chi connectivity index (χ3v) is 4.78. The molecule has 104 valence electrons. The van der Waals surface area contributed by atoms with E-state index in [2.05, 4.69) is 26.5 Å². The molecule has 1 saturated carbocycles. The summed E-state index contributed by atoms with van der Waals surface area (Å²) in [4.78, 5) is 0. The molecule has 18 heavy (non-hydrogen) atoms. The molecule has 0 bridgehead atoms. The first-order valence-corrected chi connectivity index (χ1v) is 7.49. The first kappa shape index (κ1) is 15.5. The number of hydrogen-bond donors (Lipinski definition) is 1. The van der Waals surface area contributed by atoms with Crippen LogP contribution < -0.4 is 0 Å². The van der Waals surface area contributed by atoms with Crippen LogP contribution in [0.5, 0.6) is 0 Å². The Morgan fingerprint density at radius 3 is 2.89 bits per heavy atom. The van der Waals surface area contributed by atoms with Crippen LogP contribution in [0.25, 0.3) is 0 Å². The van der Waals surface area contributed by atoms with E-state index < -0.39 is 0 Å². The lowest BCUT2D eigenvalue weighted by atomic mass is 9.61. The minimum absolute atomic E-state index is 0.191. The SMILES string of the molecule is C=C1CCCC(CCC)C1(C)CC/C=C(/C)CO. The molecule has 0 saturated heterocycles. The van der Waals surface area contributed by atoms with Crippen molar-refractivity contribution in [1.29, 1.82) is 0 Å². The summed E-state index contributed by atoms with van der Waals surface area (Å²) in [5, 5.41) is 9.04. The van der Waals surface area contributed by atoms with Gasteiger partial charge in [0.1, 0.15) is 0 Å². The van der Waals surface area contributed by atoms with Crippen molar-refractivity contribution in [3.8, 4) is 0 Å². The predicted molar refractivity (Wildman–Crippen MR) is 79.6 cm³/mol. The van der Waals surface area contributed by atoms with Crippen molar-refractivity contribution in [2.75, 3.05) is 6.61 Å². The third kappa shape index (κ3) is 3.71. The highest BCUT2D eigenvalue weighted by atomic mass is 16.3. The second kappa shape index (κ2) is 7.13. The maximum atomic E-state index is 9.04. The maximum absolute atomic E-state index is 9.04. The van der Waals surface area contributed by atoms with Crippen molar-refractivity contribution in [2.24, 2.45) is 11.3 Å². The number of allylic oxidation sites excluding steroid dienone is 2. The van der Waals surface area contributed by atoms with E-state index in [9.17, 15) is 0 Å². The molecule has 0 amide bonds. The van der Waals surface area contributed by atoms with Crippen molar-refractivity contribution >= 4 is 0 Å². The van der Waals surface area contributed by atoms with Crippen LogP contribution in [0.1, 0.15) is 65.7 Å². The van der Waals surface area contributed by atoms with Gasteiger partial charge in [-0.25, -0.2) is 0 Å². The van der Waals surface area contributed by atoms with E-state index >= 15 is 0 Å². The Balaban J connectivity index is 2.67. The molecule has 0 aromatic carbocycles. The molecular formula is C17H30O. The normalized spacial score (nSPS) is 29.7. The molecule has 0 aromatic rings. The van der Waals surface area contributed by atoms with Gasteiger partial charge in [0.05, 0.1) is 6.61 Å². The van der Waals surface area contributed by atoms with Crippen LogP contribution >= 0.6 is 0 Å². The molecule has 0 radical (unpaired) electrons. The summed E-state index contributed by atoms with van der Waals surface area (Å²) in [7, 11) is 0. The Morgan fingerprint density at radius 2 is 2.28 bits per heavy atom. The van der Waals surface area contributed by atoms with E-state index in [-0.39, 0.29) is 6.61 Å². The van der Waals surface area contributed by atoms with E-state index in [0.717, 1.165) is 17.9 Å². The van der Waals surface area contributed by atoms with E-state index in [1.54, 1.807) is 0 Å². The fourth-order valence-corrected chi connectivity index (χ4v) is 3.33. The van der Waals surface area contributed by atoms with Crippen LogP contribution in [0, 0.1) is 11.3 Å². The van der Waals surface area contributed by atoms with Crippen LogP contribution in [0.3, 0.4) is 0 Å². The molecule has 0 aliphatic heterocycles. The zero-order valence-corrected chi connectivity index (χ0v) is 12.5. The molecule has 1 rings (SSSR count). The van der Waals surface area contributed by atoms with Crippen LogP contribution in [0.15, 0.2) is 23.8 Å². The molecule has 0 spiro atoms. The lowest BCUT2D eigenvalue weighted by molar-refractivity contribution is 0.159. The van der Waals surface area contributed by atoms with Crippen molar-refractivity contribution in [1.82, 2.24) is 0 Å². The summed E-state index contributed by atoms with van der Waals surface area (Å²) in [5.74, 6) is 0.812. The van der Waals surface area contributed by atoms with E-state index in [0.29, 0.717) is 5.41 Å². The summed E-state index contributed by atoms with van der Waals surface area (Å²) in [5.41, 5.74) is 2.87. The zero-order valence-electron chi connectivity index (χ0n) is 12.5. The molecule has 2 unspecified atom stereocenters. The molecule has 1 fully saturated rings. The molecule has 1 N–H and O–H groups in total. The summed E-state index contributed by atoms with van der Waals surface area (Å²) >= 11 is 0. The second-order valence-electron chi connectivity index (χ2n) is 6.15. The van der Waals surface area contributed by atoms with Gasteiger partial charge < -0.3 is 5.11 Å². The highest BCUT2D eigenvalue weighted by Gasteiger charge is 2.37. The average molecular weight is 250 g/mol. The summed E-state index contributed by atoms with van der Waals surface area (Å²) in [6, 6.07) is 0. The minimum Gasteiger partial charge on any atom is -0.392 e. The van der Waals surface area contributed by atoms with Gasteiger partial charge in [-0.3, -0.25) is 0 Å². The average Bonchev–Trinajstić information content (AvgIpc) is 2.35. The standard InChI is InChI=1S/C17H30O/c1-5-8-16-11-6-10-15(3)17(16,4)12-7-9-14(2)13-18/h9,16,18H,3,5-8,10-13H2,1-2,4H3/b14-9-. The Kier molecular flexibility index (Phi) is 6.14. The highest BCUT2D eigenvalue weighted by Crippen LogP contribution is 2.49. The van der Waals surface area contributed by atoms with Gasteiger partial charge in [0.2, 0.25) is 0 Å². The molecule has 0 heterocycles. The first-order valence-electron chi connectivity index (χ1n) is 7.49. The lowest BCUT2D eigenvalue weighted by Crippen LogP contribution is -2.32. The quantitative estimate of drug-likeness (QED) is 0.667. The molecule has 2 atom stereocenters. The maximum Gasteiger partial charge on any atom is 0.0639 e. The van der Waals surface area contributed by atoms with E-state index in [4.69, 9.17) is 5.11 Å². The second-order valence-corrected chi connectivity index (χ2v) is 6.15. The third-order valence-electron chi connectivity index (χ3n) is 4.78. The molecular weight excluding hydrogens is 220 g/mol. The molecule has 1 nitrogen and oxygen atoms in total. The van der Waals surface area contributed by atoms with Gasteiger partial charge in [-0.15, -0.1) is 0 Å². The van der Waals surface area contributed by atoms with E-state index in [1.165, 1.54) is 44.1 Å². The monoisotopic (exact) mass is 250 g/mol. The zero-order chi connectivity index (χ0) is 13.6. The van der Waals surface area contributed by atoms with Crippen LogP contribution in [-0.2, 0) is 0 Å². The minimum atomic E-state index is 0.191. The van der Waals surface area contributed by atoms with Gasteiger partial charge in [0.15, 0.2) is 0 Å². The fraction of sp³-hybridized carbons (Fsp3) is 0.765. The Bertz CT molecular complexity index is 301. The fourth-order valence-electron chi connectivity index (χ4n) is 3.33. The van der Waals surface area contributed by atoms with Crippen molar-refractivity contribution in [3.63, 3.8) is 0 Å². The van der Waals surface area contributed by atoms with Gasteiger partial charge in [-0.05, 0) is 56.8 Å². The highest BCUT2D eigenvalue weighted by molar-refractivity contribution is 5.15. The Morgan fingerprint density at radius 1 is 1.56 bits per heavy atom. The summed E-state index contributed by atoms with van der Waals surface area (Å²) in [6.07, 6.45) is 11.0. The van der Waals surface area contributed by atoms with Crippen LogP contribution in [-0.4, -0.2) is 11.7 Å². The Hall–Kier alpha value is -0.560. The molecule has 1 aliphatic carbocycles. The van der Waals surface area contributed by atoms with Gasteiger partial charge in [-0.1, -0.05) is 44.1 Å².